The van der Waals surface area contributed by atoms with Crippen LogP contribution >= 0.6 is 0 Å². The van der Waals surface area contributed by atoms with Crippen LogP contribution < -0.4 is 5.32 Å². The number of rotatable bonds is 5. The smallest absolute Gasteiger partial charge is 0.404 e. The number of amides is 1. The average Bonchev–Trinajstić information content (AvgIpc) is 2.12. The molecule has 0 heterocycles. The van der Waals surface area contributed by atoms with E-state index in [-0.39, 0.29) is 13.0 Å². The molecule has 0 fully saturated rings. The minimum absolute atomic E-state index is 0.0324. The summed E-state index contributed by atoms with van der Waals surface area (Å²) in [7, 11) is 0. The van der Waals surface area contributed by atoms with E-state index in [1.54, 1.807) is 6.92 Å². The molecule has 78 valence electrons. The van der Waals surface area contributed by atoms with Gasteiger partial charge in [0.15, 0.2) is 0 Å². The number of ether oxygens (including phenoxy) is 1. The Morgan fingerprint density at radius 3 is 2.71 bits per heavy atom. The first-order valence-electron chi connectivity index (χ1n) is 4.18. The van der Waals surface area contributed by atoms with Gasteiger partial charge in [-0.3, -0.25) is 4.79 Å². The van der Waals surface area contributed by atoms with E-state index in [4.69, 9.17) is 11.5 Å². The molecule has 0 unspecified atom stereocenters. The Bertz CT molecular complexity index is 244. The fraction of sp³-hybridized carbons (Fsp3) is 0.556. The van der Waals surface area contributed by atoms with Crippen LogP contribution in [0.1, 0.15) is 13.3 Å². The Hall–Kier alpha value is -1.70. The average molecular weight is 199 g/mol. The third-order valence-corrected chi connectivity index (χ3v) is 1.45. The molecule has 14 heavy (non-hydrogen) atoms. The van der Waals surface area contributed by atoms with E-state index in [1.807, 2.05) is 0 Å². The van der Waals surface area contributed by atoms with Crippen LogP contribution in [0.2, 0.25) is 0 Å². The van der Waals surface area contributed by atoms with Crippen molar-refractivity contribution in [1.29, 1.82) is 0 Å². The number of hydrogen-bond acceptors (Lipinski definition) is 3. The van der Waals surface area contributed by atoms with Gasteiger partial charge in [-0.2, -0.15) is 0 Å². The highest BCUT2D eigenvalue weighted by Crippen LogP contribution is 2.01. The molecule has 0 rings (SSSR count). The monoisotopic (exact) mass is 199 g/mol. The van der Waals surface area contributed by atoms with Gasteiger partial charge in [-0.15, -0.1) is 12.3 Å². The van der Waals surface area contributed by atoms with Crippen molar-refractivity contribution in [3.63, 3.8) is 0 Å². The Morgan fingerprint density at radius 2 is 2.29 bits per heavy atom. The van der Waals surface area contributed by atoms with Crippen LogP contribution in [0.4, 0.5) is 4.79 Å². The van der Waals surface area contributed by atoms with E-state index >= 15 is 0 Å². The van der Waals surface area contributed by atoms with Gasteiger partial charge >= 0.3 is 12.1 Å². The van der Waals surface area contributed by atoms with Crippen LogP contribution in [-0.2, 0) is 9.53 Å². The zero-order valence-corrected chi connectivity index (χ0v) is 7.95. The molecule has 0 bridgehead atoms. The number of hydrogen-bond donors (Lipinski definition) is 2. The summed E-state index contributed by atoms with van der Waals surface area (Å²) in [5.74, 6) is 1.45. The normalized spacial score (nSPS) is 11.1. The van der Waals surface area contributed by atoms with E-state index in [0.29, 0.717) is 6.61 Å². The fourth-order valence-corrected chi connectivity index (χ4v) is 0.822. The highest BCUT2D eigenvalue weighted by molar-refractivity contribution is 5.70. The summed E-state index contributed by atoms with van der Waals surface area (Å²) in [6.07, 6.45) is 3.99. The maximum atomic E-state index is 11.0. The SMILES string of the molecule is C#C[C@@H](CNC(=O)O)CC(=O)OCC. The van der Waals surface area contributed by atoms with Gasteiger partial charge in [0.05, 0.1) is 13.0 Å². The Balaban J connectivity index is 3.86. The second kappa shape index (κ2) is 6.78. The summed E-state index contributed by atoms with van der Waals surface area (Å²) in [4.78, 5) is 21.1. The number of carbonyl (C=O) groups excluding carboxylic acids is 1. The van der Waals surface area contributed by atoms with Gasteiger partial charge in [0.25, 0.3) is 0 Å². The van der Waals surface area contributed by atoms with Crippen molar-refractivity contribution in [2.45, 2.75) is 13.3 Å². The molecule has 5 nitrogen and oxygen atoms in total. The fourth-order valence-electron chi connectivity index (χ4n) is 0.822. The first-order chi connectivity index (χ1) is 6.60. The predicted octanol–water partition coefficient (Wildman–Crippen LogP) is 0.457. The predicted molar refractivity (Wildman–Crippen MR) is 49.6 cm³/mol. The minimum Gasteiger partial charge on any atom is -0.466 e. The lowest BCUT2D eigenvalue weighted by Gasteiger charge is -2.09. The van der Waals surface area contributed by atoms with Gasteiger partial charge in [-0.25, -0.2) is 4.79 Å². The van der Waals surface area contributed by atoms with Gasteiger partial charge in [0, 0.05) is 12.5 Å². The van der Waals surface area contributed by atoms with Crippen LogP contribution in [0.15, 0.2) is 0 Å². The Morgan fingerprint density at radius 1 is 1.64 bits per heavy atom. The summed E-state index contributed by atoms with van der Waals surface area (Å²) in [6, 6.07) is 0. The molecule has 0 saturated heterocycles. The molecule has 0 aliphatic carbocycles. The summed E-state index contributed by atoms with van der Waals surface area (Å²) >= 11 is 0. The van der Waals surface area contributed by atoms with Crippen LogP contribution in [-0.4, -0.2) is 30.3 Å². The van der Waals surface area contributed by atoms with E-state index < -0.39 is 18.0 Å². The molecule has 1 atom stereocenters. The first kappa shape index (κ1) is 12.3. The standard InChI is InChI=1S/C9H13NO4/c1-3-7(6-10-9(12)13)5-8(11)14-4-2/h1,7,10H,4-6H2,2H3,(H,12,13)/t7-/m1/s1. The highest BCUT2D eigenvalue weighted by atomic mass is 16.5. The molecule has 0 radical (unpaired) electrons. The third kappa shape index (κ3) is 5.89. The van der Waals surface area contributed by atoms with Gasteiger partial charge in [0.2, 0.25) is 0 Å². The lowest BCUT2D eigenvalue weighted by Crippen LogP contribution is -2.28. The largest absolute Gasteiger partial charge is 0.466 e. The highest BCUT2D eigenvalue weighted by Gasteiger charge is 2.12. The van der Waals surface area contributed by atoms with Crippen molar-refractivity contribution in [3.8, 4) is 12.3 Å². The van der Waals surface area contributed by atoms with Gasteiger partial charge in [-0.1, -0.05) is 0 Å². The molecule has 0 aromatic rings. The molecule has 0 aromatic heterocycles. The number of esters is 1. The molecule has 2 N–H and O–H groups in total. The maximum Gasteiger partial charge on any atom is 0.404 e. The topological polar surface area (TPSA) is 75.6 Å². The lowest BCUT2D eigenvalue weighted by atomic mass is 10.1. The third-order valence-electron chi connectivity index (χ3n) is 1.45. The summed E-state index contributed by atoms with van der Waals surface area (Å²) in [6.45, 7) is 2.05. The quantitative estimate of drug-likeness (QED) is 0.498. The van der Waals surface area contributed by atoms with Crippen LogP contribution in [0, 0.1) is 18.3 Å². The zero-order chi connectivity index (χ0) is 11.0. The molecule has 0 aliphatic rings. The van der Waals surface area contributed by atoms with Crippen molar-refractivity contribution in [2.75, 3.05) is 13.2 Å². The van der Waals surface area contributed by atoms with Crippen molar-refractivity contribution < 1.29 is 19.4 Å². The summed E-state index contributed by atoms with van der Waals surface area (Å²) in [5.41, 5.74) is 0. The maximum absolute atomic E-state index is 11.0. The van der Waals surface area contributed by atoms with E-state index in [0.717, 1.165) is 0 Å². The first-order valence-corrected chi connectivity index (χ1v) is 4.18. The van der Waals surface area contributed by atoms with Gasteiger partial charge in [0.1, 0.15) is 0 Å². The molecule has 0 saturated carbocycles. The van der Waals surface area contributed by atoms with Crippen molar-refractivity contribution in [1.82, 2.24) is 5.32 Å². The van der Waals surface area contributed by atoms with Crippen LogP contribution in [0.5, 0.6) is 0 Å². The van der Waals surface area contributed by atoms with Crippen molar-refractivity contribution in [3.05, 3.63) is 0 Å². The molecule has 1 amide bonds. The Kier molecular flexibility index (Phi) is 5.95. The molecule has 5 heteroatoms. The van der Waals surface area contributed by atoms with Crippen molar-refractivity contribution in [2.24, 2.45) is 5.92 Å². The number of terminal acetylenes is 1. The molecule has 0 aliphatic heterocycles. The second-order valence-electron chi connectivity index (χ2n) is 2.56. The zero-order valence-electron chi connectivity index (χ0n) is 7.95. The molecular formula is C9H13NO4. The molecule has 0 aromatic carbocycles. The van der Waals surface area contributed by atoms with Gasteiger partial charge < -0.3 is 15.2 Å². The second-order valence-corrected chi connectivity index (χ2v) is 2.56. The number of nitrogens with one attached hydrogen (secondary N) is 1. The Labute approximate surface area is 82.4 Å². The number of carbonyl (C=O) groups is 2. The minimum atomic E-state index is -1.16. The van der Waals surface area contributed by atoms with Crippen molar-refractivity contribution >= 4 is 12.1 Å². The summed E-state index contributed by atoms with van der Waals surface area (Å²) < 4.78 is 4.67. The van der Waals surface area contributed by atoms with Crippen LogP contribution in [0.25, 0.3) is 0 Å². The van der Waals surface area contributed by atoms with E-state index in [1.165, 1.54) is 0 Å². The molecular weight excluding hydrogens is 186 g/mol. The molecule has 0 spiro atoms. The van der Waals surface area contributed by atoms with Gasteiger partial charge in [-0.05, 0) is 6.92 Å². The van der Waals surface area contributed by atoms with E-state index in [9.17, 15) is 9.59 Å². The van der Waals surface area contributed by atoms with E-state index in [2.05, 4.69) is 16.0 Å². The lowest BCUT2D eigenvalue weighted by molar-refractivity contribution is -0.143. The van der Waals surface area contributed by atoms with Crippen LogP contribution in [0.3, 0.4) is 0 Å². The summed E-state index contributed by atoms with van der Waals surface area (Å²) in [5, 5.41) is 10.4. The number of carboxylic acid groups (broad SMARTS) is 1.